The number of para-hydroxylation sites is 1. The van der Waals surface area contributed by atoms with Crippen molar-refractivity contribution in [1.29, 1.82) is 0 Å². The summed E-state index contributed by atoms with van der Waals surface area (Å²) in [5.41, 5.74) is 0.486. The van der Waals surface area contributed by atoms with Gasteiger partial charge in [0.1, 0.15) is 5.71 Å². The van der Waals surface area contributed by atoms with Crippen LogP contribution in [0.3, 0.4) is 0 Å². The van der Waals surface area contributed by atoms with Gasteiger partial charge in [-0.1, -0.05) is 23.4 Å². The average molecular weight is 317 g/mol. The molecule has 0 aromatic heterocycles. The van der Waals surface area contributed by atoms with Gasteiger partial charge in [0.25, 0.3) is 5.91 Å². The third kappa shape index (κ3) is 3.68. The fraction of sp³-hybridized carbons (Fsp3) is 0.438. The zero-order valence-electron chi connectivity index (χ0n) is 12.7. The second-order valence-corrected chi connectivity index (χ2v) is 6.02. The molecule has 7 nitrogen and oxygen atoms in total. The first-order valence-electron chi connectivity index (χ1n) is 7.62. The molecule has 2 N–H and O–H groups in total. The van der Waals surface area contributed by atoms with Crippen LogP contribution < -0.4 is 5.32 Å². The van der Waals surface area contributed by atoms with Crippen molar-refractivity contribution < 1.29 is 19.5 Å². The first-order chi connectivity index (χ1) is 11.1. The molecule has 2 aliphatic heterocycles. The predicted octanol–water partition coefficient (Wildman–Crippen LogP) is 1.32. The van der Waals surface area contributed by atoms with E-state index >= 15 is 0 Å². The third-order valence-electron chi connectivity index (χ3n) is 4.11. The number of anilines is 1. The van der Waals surface area contributed by atoms with Gasteiger partial charge in [0.15, 0.2) is 5.60 Å². The van der Waals surface area contributed by atoms with Crippen LogP contribution in [-0.2, 0) is 14.4 Å². The highest BCUT2D eigenvalue weighted by molar-refractivity contribution is 6.43. The summed E-state index contributed by atoms with van der Waals surface area (Å²) in [6.07, 6.45) is 2.01. The topological polar surface area (TPSA) is 91.2 Å². The largest absolute Gasteiger partial charge is 0.480 e. The maximum atomic E-state index is 12.3. The summed E-state index contributed by atoms with van der Waals surface area (Å²) in [6, 6.07) is 9.17. The molecule has 23 heavy (non-hydrogen) atoms. The van der Waals surface area contributed by atoms with Gasteiger partial charge in [-0.2, -0.15) is 0 Å². The van der Waals surface area contributed by atoms with E-state index < -0.39 is 11.6 Å². The van der Waals surface area contributed by atoms with Gasteiger partial charge in [-0.05, 0) is 31.5 Å². The van der Waals surface area contributed by atoms with Gasteiger partial charge in [-0.25, -0.2) is 0 Å². The SMILES string of the molecule is O=C(O)CN1CCCC2(CC(C(=O)Nc3ccccc3)=NO2)C1. The zero-order valence-corrected chi connectivity index (χ0v) is 12.7. The molecule has 1 aromatic rings. The fourth-order valence-corrected chi connectivity index (χ4v) is 3.10. The summed E-state index contributed by atoms with van der Waals surface area (Å²) >= 11 is 0. The Morgan fingerprint density at radius 1 is 1.35 bits per heavy atom. The number of benzene rings is 1. The Balaban J connectivity index is 1.60. The quantitative estimate of drug-likeness (QED) is 0.874. The van der Waals surface area contributed by atoms with E-state index in [1.165, 1.54) is 0 Å². The highest BCUT2D eigenvalue weighted by atomic mass is 16.7. The van der Waals surface area contributed by atoms with Crippen molar-refractivity contribution in [3.05, 3.63) is 30.3 Å². The van der Waals surface area contributed by atoms with Crippen molar-refractivity contribution in [2.24, 2.45) is 5.16 Å². The molecule has 0 radical (unpaired) electrons. The van der Waals surface area contributed by atoms with Crippen LogP contribution in [0.15, 0.2) is 35.5 Å². The Morgan fingerprint density at radius 3 is 2.87 bits per heavy atom. The van der Waals surface area contributed by atoms with Crippen molar-refractivity contribution >= 4 is 23.3 Å². The van der Waals surface area contributed by atoms with E-state index in [4.69, 9.17) is 9.94 Å². The van der Waals surface area contributed by atoms with Crippen molar-refractivity contribution in [2.75, 3.05) is 25.0 Å². The maximum Gasteiger partial charge on any atom is 0.317 e. The Kier molecular flexibility index (Phi) is 4.29. The molecule has 3 rings (SSSR count). The molecule has 0 aliphatic carbocycles. The molecule has 1 spiro atoms. The Morgan fingerprint density at radius 2 is 2.13 bits per heavy atom. The van der Waals surface area contributed by atoms with Crippen LogP contribution in [0.5, 0.6) is 0 Å². The molecular weight excluding hydrogens is 298 g/mol. The number of nitrogens with one attached hydrogen (secondary N) is 1. The highest BCUT2D eigenvalue weighted by Gasteiger charge is 2.44. The summed E-state index contributed by atoms with van der Waals surface area (Å²) in [7, 11) is 0. The van der Waals surface area contributed by atoms with Crippen LogP contribution in [0.25, 0.3) is 0 Å². The van der Waals surface area contributed by atoms with Gasteiger partial charge in [0.2, 0.25) is 0 Å². The molecule has 1 unspecified atom stereocenters. The number of aliphatic carboxylic acids is 1. The monoisotopic (exact) mass is 317 g/mol. The summed E-state index contributed by atoms with van der Waals surface area (Å²) in [6.45, 7) is 1.19. The molecule has 1 aromatic carbocycles. The van der Waals surface area contributed by atoms with Crippen LogP contribution in [0.4, 0.5) is 5.69 Å². The van der Waals surface area contributed by atoms with E-state index in [1.807, 2.05) is 23.1 Å². The van der Waals surface area contributed by atoms with Crippen LogP contribution in [0, 0.1) is 0 Å². The molecule has 122 valence electrons. The van der Waals surface area contributed by atoms with Gasteiger partial charge < -0.3 is 15.3 Å². The van der Waals surface area contributed by atoms with Crippen molar-refractivity contribution in [3.63, 3.8) is 0 Å². The Bertz CT molecular complexity index is 631. The number of oxime groups is 1. The molecule has 1 fully saturated rings. The average Bonchev–Trinajstić information content (AvgIpc) is 2.91. The highest BCUT2D eigenvalue weighted by Crippen LogP contribution is 2.33. The maximum absolute atomic E-state index is 12.3. The minimum absolute atomic E-state index is 0.0172. The lowest BCUT2D eigenvalue weighted by molar-refractivity contribution is -0.140. The van der Waals surface area contributed by atoms with E-state index in [2.05, 4.69) is 10.5 Å². The Hall–Kier alpha value is -2.41. The molecular formula is C16H19N3O4. The van der Waals surface area contributed by atoms with E-state index in [-0.39, 0.29) is 12.5 Å². The number of piperidine rings is 1. The lowest BCUT2D eigenvalue weighted by Gasteiger charge is -2.37. The van der Waals surface area contributed by atoms with Gasteiger partial charge >= 0.3 is 5.97 Å². The normalized spacial score (nSPS) is 24.1. The summed E-state index contributed by atoms with van der Waals surface area (Å²) < 4.78 is 0. The van der Waals surface area contributed by atoms with Crippen molar-refractivity contribution in [3.8, 4) is 0 Å². The number of amides is 1. The number of carboxylic acid groups (broad SMARTS) is 1. The number of likely N-dealkylation sites (tertiary alicyclic amines) is 1. The molecule has 2 heterocycles. The molecule has 1 atom stereocenters. The van der Waals surface area contributed by atoms with Crippen molar-refractivity contribution in [1.82, 2.24) is 4.90 Å². The summed E-state index contributed by atoms with van der Waals surface area (Å²) in [4.78, 5) is 30.5. The zero-order chi connectivity index (χ0) is 16.3. The van der Waals surface area contributed by atoms with Crippen LogP contribution >= 0.6 is 0 Å². The lowest BCUT2D eigenvalue weighted by atomic mass is 9.88. The molecule has 1 amide bonds. The molecule has 1 saturated heterocycles. The number of carbonyl (C=O) groups excluding carboxylic acids is 1. The van der Waals surface area contributed by atoms with Gasteiger partial charge in [-0.3, -0.25) is 14.5 Å². The minimum Gasteiger partial charge on any atom is -0.480 e. The lowest BCUT2D eigenvalue weighted by Crippen LogP contribution is -2.50. The van der Waals surface area contributed by atoms with Crippen LogP contribution in [0.1, 0.15) is 19.3 Å². The number of hydrogen-bond acceptors (Lipinski definition) is 5. The second kappa shape index (κ2) is 6.37. The smallest absolute Gasteiger partial charge is 0.317 e. The van der Waals surface area contributed by atoms with E-state index in [0.717, 1.165) is 19.4 Å². The number of hydrogen-bond donors (Lipinski definition) is 2. The van der Waals surface area contributed by atoms with E-state index in [1.54, 1.807) is 12.1 Å². The predicted molar refractivity (Wildman–Crippen MR) is 84.2 cm³/mol. The molecule has 0 saturated carbocycles. The second-order valence-electron chi connectivity index (χ2n) is 6.02. The number of carboxylic acids is 1. The Labute approximate surface area is 133 Å². The number of carbonyl (C=O) groups is 2. The van der Waals surface area contributed by atoms with Gasteiger partial charge in [0, 0.05) is 18.7 Å². The first kappa shape index (κ1) is 15.5. The van der Waals surface area contributed by atoms with Gasteiger partial charge in [0.05, 0.1) is 6.54 Å². The van der Waals surface area contributed by atoms with Crippen LogP contribution in [0.2, 0.25) is 0 Å². The summed E-state index contributed by atoms with van der Waals surface area (Å²) in [5.74, 6) is -1.13. The number of nitrogens with zero attached hydrogens (tertiary/aromatic N) is 2. The third-order valence-corrected chi connectivity index (χ3v) is 4.11. The van der Waals surface area contributed by atoms with E-state index in [9.17, 15) is 9.59 Å². The number of rotatable bonds is 4. The molecule has 7 heteroatoms. The minimum atomic E-state index is -0.858. The molecule has 2 aliphatic rings. The van der Waals surface area contributed by atoms with Gasteiger partial charge in [-0.15, -0.1) is 0 Å². The van der Waals surface area contributed by atoms with Crippen LogP contribution in [-0.4, -0.2) is 52.8 Å². The van der Waals surface area contributed by atoms with Crippen molar-refractivity contribution in [2.45, 2.75) is 24.9 Å². The summed E-state index contributed by atoms with van der Waals surface area (Å²) in [5, 5.41) is 15.7. The standard InChI is InChI=1S/C16H19N3O4/c20-14(21)10-19-8-4-7-16(11-19)9-13(18-23-16)15(22)17-12-5-2-1-3-6-12/h1-3,5-6H,4,7-11H2,(H,17,22)(H,20,21). The molecule has 0 bridgehead atoms. The first-order valence-corrected chi connectivity index (χ1v) is 7.62. The van der Waals surface area contributed by atoms with E-state index in [0.29, 0.717) is 24.4 Å². The fourth-order valence-electron chi connectivity index (χ4n) is 3.10.